The number of halogens is 3. The van der Waals surface area contributed by atoms with Crippen LogP contribution in [0.4, 0.5) is 14.6 Å². The van der Waals surface area contributed by atoms with Crippen LogP contribution in [0.25, 0.3) is 28.1 Å². The lowest BCUT2D eigenvalue weighted by atomic mass is 9.95. The Labute approximate surface area is 192 Å². The summed E-state index contributed by atoms with van der Waals surface area (Å²) in [5, 5.41) is 0.534. The zero-order valence-electron chi connectivity index (χ0n) is 18.0. The summed E-state index contributed by atoms with van der Waals surface area (Å²) in [4.78, 5) is 28.7. The summed E-state index contributed by atoms with van der Waals surface area (Å²) in [6.45, 7) is -0.893. The molecule has 0 unspecified atom stereocenters. The predicted octanol–water partition coefficient (Wildman–Crippen LogP) is 4.08. The molecule has 172 valence electrons. The average Bonchev–Trinajstić information content (AvgIpc) is 3.30. The molecule has 2 fully saturated rings. The zero-order chi connectivity index (χ0) is 22.9. The Morgan fingerprint density at radius 3 is 2.61 bits per heavy atom. The quantitative estimate of drug-likeness (QED) is 0.448. The van der Waals surface area contributed by atoms with Crippen molar-refractivity contribution in [1.82, 2.24) is 28.7 Å². The number of rotatable bonds is 3. The minimum Gasteiger partial charge on any atom is -0.342 e. The molecular formula is C22H22ClF2N7O. The van der Waals surface area contributed by atoms with Crippen LogP contribution in [0.1, 0.15) is 38.1 Å². The van der Waals surface area contributed by atoms with Gasteiger partial charge in [0.05, 0.1) is 24.1 Å². The second-order valence-corrected chi connectivity index (χ2v) is 9.42. The molecule has 0 radical (unpaired) electrons. The number of fused-ring (bicyclic) bond motifs is 2. The molecule has 8 nitrogen and oxygen atoms in total. The molecule has 1 saturated heterocycles. The smallest absolute Gasteiger partial charge is 0.330 e. The highest BCUT2D eigenvalue weighted by Crippen LogP contribution is 2.37. The lowest BCUT2D eigenvalue weighted by Crippen LogP contribution is -2.56. The Morgan fingerprint density at radius 2 is 1.88 bits per heavy atom. The molecule has 6 rings (SSSR count). The summed E-state index contributed by atoms with van der Waals surface area (Å²) >= 11 is 6.20. The predicted molar refractivity (Wildman–Crippen MR) is 122 cm³/mol. The normalized spacial score (nSPS) is 18.8. The molecule has 0 spiro atoms. The van der Waals surface area contributed by atoms with Gasteiger partial charge < -0.3 is 4.90 Å². The van der Waals surface area contributed by atoms with Crippen LogP contribution in [0.2, 0.25) is 5.02 Å². The molecule has 2 aliphatic rings. The van der Waals surface area contributed by atoms with Gasteiger partial charge in [-0.15, -0.1) is 0 Å². The fourth-order valence-corrected chi connectivity index (χ4v) is 5.20. The lowest BCUT2D eigenvalue weighted by Gasteiger charge is -2.39. The molecule has 1 saturated carbocycles. The Balaban J connectivity index is 1.62. The van der Waals surface area contributed by atoms with Crippen LogP contribution in [0.15, 0.2) is 29.3 Å². The van der Waals surface area contributed by atoms with E-state index in [2.05, 4.69) is 9.97 Å². The molecule has 3 aromatic heterocycles. The number of hydrogen-bond donors (Lipinski definition) is 0. The molecule has 4 heterocycles. The van der Waals surface area contributed by atoms with E-state index < -0.39 is 19.0 Å². The lowest BCUT2D eigenvalue weighted by molar-refractivity contribution is -0.0265. The number of aryl methyl sites for hydroxylation is 1. The first-order valence-electron chi connectivity index (χ1n) is 11.1. The number of alkyl halides is 2. The fraction of sp³-hybridized carbons (Fsp3) is 0.455. The van der Waals surface area contributed by atoms with Crippen molar-refractivity contribution >= 4 is 39.6 Å². The van der Waals surface area contributed by atoms with E-state index >= 15 is 0 Å². The van der Waals surface area contributed by atoms with E-state index in [0.717, 1.165) is 32.1 Å². The molecule has 1 aliphatic carbocycles. The van der Waals surface area contributed by atoms with Crippen molar-refractivity contribution in [2.24, 2.45) is 7.05 Å². The van der Waals surface area contributed by atoms with E-state index in [4.69, 9.17) is 16.6 Å². The van der Waals surface area contributed by atoms with Crippen molar-refractivity contribution in [1.29, 1.82) is 0 Å². The van der Waals surface area contributed by atoms with E-state index in [1.807, 2.05) is 0 Å². The average molecular weight is 474 g/mol. The van der Waals surface area contributed by atoms with Gasteiger partial charge in [-0.3, -0.25) is 13.7 Å². The Hall–Kier alpha value is -3.01. The number of imidazole rings is 2. The van der Waals surface area contributed by atoms with Crippen molar-refractivity contribution in [3.05, 3.63) is 40.0 Å². The molecule has 0 N–H and O–H groups in total. The van der Waals surface area contributed by atoms with Crippen LogP contribution < -0.4 is 10.6 Å². The van der Waals surface area contributed by atoms with Gasteiger partial charge in [0.25, 0.3) is 5.92 Å². The van der Waals surface area contributed by atoms with Crippen LogP contribution in [0.5, 0.6) is 0 Å². The maximum Gasteiger partial charge on any atom is 0.330 e. The molecule has 0 bridgehead atoms. The van der Waals surface area contributed by atoms with Gasteiger partial charge in [0.15, 0.2) is 11.5 Å². The van der Waals surface area contributed by atoms with E-state index in [-0.39, 0.29) is 17.7 Å². The summed E-state index contributed by atoms with van der Waals surface area (Å²) in [5.41, 5.74) is 2.15. The van der Waals surface area contributed by atoms with Gasteiger partial charge in [0.1, 0.15) is 11.8 Å². The standard InChI is InChI=1S/C22H22ClF2N7O/c1-29-17-18(30-10-22(24,25)11-30)27-20(31-12-26-15-8-7-13(23)9-16(15)31)28-19(17)32(21(29)33)14-5-3-2-4-6-14/h7-9,12,14H,2-6,10-11H2,1H3. The second kappa shape index (κ2) is 7.24. The van der Waals surface area contributed by atoms with Crippen LogP contribution in [0, 0.1) is 0 Å². The number of benzene rings is 1. The Kier molecular flexibility index (Phi) is 4.52. The van der Waals surface area contributed by atoms with Gasteiger partial charge in [-0.25, -0.2) is 18.6 Å². The summed E-state index contributed by atoms with van der Waals surface area (Å²) < 4.78 is 32.5. The minimum absolute atomic E-state index is 0.0253. The molecule has 1 aliphatic heterocycles. The SMILES string of the molecule is Cn1c(=O)n(C2CCCCC2)c2nc(-n3cnc4ccc(Cl)cc43)nc(N3CC(F)(F)C3)c21. The Bertz CT molecular complexity index is 1440. The Morgan fingerprint density at radius 1 is 1.12 bits per heavy atom. The molecule has 1 aromatic carbocycles. The maximum atomic E-state index is 13.8. The minimum atomic E-state index is -2.78. The fourth-order valence-electron chi connectivity index (χ4n) is 5.03. The van der Waals surface area contributed by atoms with Crippen LogP contribution in [0.3, 0.4) is 0 Å². The van der Waals surface area contributed by atoms with E-state index in [1.165, 1.54) is 9.47 Å². The van der Waals surface area contributed by atoms with E-state index in [9.17, 15) is 13.6 Å². The van der Waals surface area contributed by atoms with Crippen LogP contribution in [-0.4, -0.2) is 47.7 Å². The van der Waals surface area contributed by atoms with Crippen LogP contribution in [-0.2, 0) is 7.05 Å². The van der Waals surface area contributed by atoms with Gasteiger partial charge >= 0.3 is 5.69 Å². The molecule has 4 aromatic rings. The highest BCUT2D eigenvalue weighted by molar-refractivity contribution is 6.31. The third-order valence-electron chi connectivity index (χ3n) is 6.70. The summed E-state index contributed by atoms with van der Waals surface area (Å²) in [5.74, 6) is -2.18. The van der Waals surface area contributed by atoms with Crippen molar-refractivity contribution in [3.8, 4) is 5.95 Å². The number of hydrogen-bond acceptors (Lipinski definition) is 5. The first kappa shape index (κ1) is 20.6. The third kappa shape index (κ3) is 3.22. The zero-order valence-corrected chi connectivity index (χ0v) is 18.8. The van der Waals surface area contributed by atoms with Gasteiger partial charge in [-0.2, -0.15) is 9.97 Å². The van der Waals surface area contributed by atoms with Gasteiger partial charge in [0.2, 0.25) is 5.95 Å². The van der Waals surface area contributed by atoms with Gasteiger partial charge in [-0.1, -0.05) is 30.9 Å². The first-order valence-corrected chi connectivity index (χ1v) is 11.4. The molecule has 0 amide bonds. The van der Waals surface area contributed by atoms with Crippen molar-refractivity contribution < 1.29 is 8.78 Å². The monoisotopic (exact) mass is 473 g/mol. The number of anilines is 1. The van der Waals surface area contributed by atoms with Gasteiger partial charge in [0, 0.05) is 18.1 Å². The molecule has 33 heavy (non-hydrogen) atoms. The van der Waals surface area contributed by atoms with E-state index in [1.54, 1.807) is 40.7 Å². The van der Waals surface area contributed by atoms with Crippen LogP contribution >= 0.6 is 11.6 Å². The molecule has 0 atom stereocenters. The largest absolute Gasteiger partial charge is 0.342 e. The highest BCUT2D eigenvalue weighted by Gasteiger charge is 2.46. The topological polar surface area (TPSA) is 73.8 Å². The molecule has 11 heteroatoms. The number of nitrogens with zero attached hydrogens (tertiary/aromatic N) is 7. The summed E-state index contributed by atoms with van der Waals surface area (Å²) in [7, 11) is 1.65. The van der Waals surface area contributed by atoms with Crippen molar-refractivity contribution in [3.63, 3.8) is 0 Å². The molecular weight excluding hydrogens is 452 g/mol. The third-order valence-corrected chi connectivity index (χ3v) is 6.94. The highest BCUT2D eigenvalue weighted by atomic mass is 35.5. The summed E-state index contributed by atoms with van der Waals surface area (Å²) in [6, 6.07) is 5.33. The first-order chi connectivity index (χ1) is 15.8. The van der Waals surface area contributed by atoms with Crippen molar-refractivity contribution in [2.75, 3.05) is 18.0 Å². The summed E-state index contributed by atoms with van der Waals surface area (Å²) in [6.07, 6.45) is 6.59. The van der Waals surface area contributed by atoms with E-state index in [0.29, 0.717) is 33.0 Å². The number of aromatic nitrogens is 6. The van der Waals surface area contributed by atoms with Crippen molar-refractivity contribution in [2.45, 2.75) is 44.1 Å². The maximum absolute atomic E-state index is 13.8. The second-order valence-electron chi connectivity index (χ2n) is 8.98. The van der Waals surface area contributed by atoms with Gasteiger partial charge in [-0.05, 0) is 31.0 Å².